The molecule has 0 aliphatic heterocycles. The zero-order valence-corrected chi connectivity index (χ0v) is 12.1. The van der Waals surface area contributed by atoms with Gasteiger partial charge in [-0.05, 0) is 37.0 Å². The molecule has 5 heteroatoms. The fourth-order valence-corrected chi connectivity index (χ4v) is 2.43. The lowest BCUT2D eigenvalue weighted by atomic mass is 10.2. The molecule has 0 saturated heterocycles. The second-order valence-electron chi connectivity index (χ2n) is 4.58. The first kappa shape index (κ1) is 14.1. The maximum absolute atomic E-state index is 5.70. The van der Waals surface area contributed by atoms with Crippen LogP contribution in [0.4, 0.5) is 11.7 Å². The van der Waals surface area contributed by atoms with Crippen LogP contribution in [0.1, 0.15) is 25.7 Å². The van der Waals surface area contributed by atoms with Crippen LogP contribution in [0.2, 0.25) is 0 Å². The number of thioether (sulfide) groups is 1. The number of oxazole rings is 1. The van der Waals surface area contributed by atoms with Crippen molar-refractivity contribution in [2.75, 3.05) is 29.6 Å². The quantitative estimate of drug-likeness (QED) is 0.569. The van der Waals surface area contributed by atoms with Gasteiger partial charge in [-0.2, -0.15) is 16.7 Å². The van der Waals surface area contributed by atoms with Crippen LogP contribution >= 0.6 is 11.8 Å². The van der Waals surface area contributed by atoms with Crippen LogP contribution in [0, 0.1) is 0 Å². The maximum Gasteiger partial charge on any atom is 0.295 e. The van der Waals surface area contributed by atoms with E-state index in [9.17, 15) is 0 Å². The highest BCUT2D eigenvalue weighted by atomic mass is 32.2. The monoisotopic (exact) mass is 279 g/mol. The van der Waals surface area contributed by atoms with Crippen molar-refractivity contribution in [1.82, 2.24) is 4.98 Å². The molecule has 0 bridgehead atoms. The normalized spacial score (nSPS) is 11.0. The average Bonchev–Trinajstić information content (AvgIpc) is 2.79. The first-order valence-corrected chi connectivity index (χ1v) is 8.08. The predicted molar refractivity (Wildman–Crippen MR) is 83.8 cm³/mol. The fourth-order valence-electron chi connectivity index (χ4n) is 1.94. The molecule has 1 aromatic heterocycles. The molecule has 104 valence electrons. The molecule has 0 unspecified atom stereocenters. The van der Waals surface area contributed by atoms with Crippen LogP contribution in [-0.2, 0) is 0 Å². The first-order chi connectivity index (χ1) is 9.29. The number of unbranched alkanes of at least 4 members (excludes halogenated alkanes) is 3. The Kier molecular flexibility index (Phi) is 5.39. The number of nitrogens with one attached hydrogen (secondary N) is 1. The smallest absolute Gasteiger partial charge is 0.295 e. The minimum Gasteiger partial charge on any atom is -0.423 e. The Bertz CT molecular complexity index is 512. The second kappa shape index (κ2) is 7.28. The molecule has 0 amide bonds. The Hall–Kier alpha value is -1.36. The number of nitrogens with two attached hydrogens (primary N) is 1. The standard InChI is InChI=1S/C14H21N3OS/c1-19-9-5-3-2-4-8-16-14-17-12-7-6-11(15)10-13(12)18-14/h6-7,10H,2-5,8-9,15H2,1H3,(H,16,17). The van der Waals surface area contributed by atoms with Crippen molar-refractivity contribution in [1.29, 1.82) is 0 Å². The average molecular weight is 279 g/mol. The number of rotatable bonds is 8. The van der Waals surface area contributed by atoms with Crippen LogP contribution < -0.4 is 11.1 Å². The predicted octanol–water partition coefficient (Wildman–Crippen LogP) is 3.75. The highest BCUT2D eigenvalue weighted by Crippen LogP contribution is 2.21. The Labute approximate surface area is 118 Å². The molecular weight excluding hydrogens is 258 g/mol. The van der Waals surface area contributed by atoms with E-state index in [4.69, 9.17) is 10.2 Å². The summed E-state index contributed by atoms with van der Waals surface area (Å²) in [5.41, 5.74) is 7.98. The molecule has 4 nitrogen and oxygen atoms in total. The summed E-state index contributed by atoms with van der Waals surface area (Å²) >= 11 is 1.91. The van der Waals surface area contributed by atoms with Gasteiger partial charge in [0.2, 0.25) is 0 Å². The zero-order chi connectivity index (χ0) is 13.5. The van der Waals surface area contributed by atoms with E-state index in [1.54, 1.807) is 6.07 Å². The molecule has 2 rings (SSSR count). The summed E-state index contributed by atoms with van der Waals surface area (Å²) < 4.78 is 5.59. The van der Waals surface area contributed by atoms with Crippen molar-refractivity contribution >= 4 is 34.6 Å². The summed E-state index contributed by atoms with van der Waals surface area (Å²) in [5.74, 6) is 1.26. The Morgan fingerprint density at radius 1 is 1.26 bits per heavy atom. The summed E-state index contributed by atoms with van der Waals surface area (Å²) in [5, 5.41) is 3.22. The van der Waals surface area contributed by atoms with Crippen LogP contribution in [0.25, 0.3) is 11.1 Å². The SMILES string of the molecule is CSCCCCCCNc1nc2ccc(N)cc2o1. The van der Waals surface area contributed by atoms with Gasteiger partial charge in [0.05, 0.1) is 0 Å². The minimum atomic E-state index is 0.588. The maximum atomic E-state index is 5.70. The van der Waals surface area contributed by atoms with Crippen molar-refractivity contribution in [2.45, 2.75) is 25.7 Å². The number of anilines is 2. The van der Waals surface area contributed by atoms with E-state index in [0.29, 0.717) is 11.7 Å². The van der Waals surface area contributed by atoms with E-state index in [1.165, 1.54) is 25.0 Å². The molecule has 0 spiro atoms. The number of benzene rings is 1. The summed E-state index contributed by atoms with van der Waals surface area (Å²) in [6.45, 7) is 0.904. The molecule has 1 heterocycles. The Morgan fingerprint density at radius 2 is 2.11 bits per heavy atom. The van der Waals surface area contributed by atoms with Crippen molar-refractivity contribution in [3.8, 4) is 0 Å². The zero-order valence-electron chi connectivity index (χ0n) is 11.3. The van der Waals surface area contributed by atoms with Crippen LogP contribution in [0.3, 0.4) is 0 Å². The number of hydrogen-bond acceptors (Lipinski definition) is 5. The van der Waals surface area contributed by atoms with Gasteiger partial charge in [-0.3, -0.25) is 0 Å². The summed E-state index contributed by atoms with van der Waals surface area (Å²) in [4.78, 5) is 4.36. The van der Waals surface area contributed by atoms with Crippen molar-refractivity contribution in [2.24, 2.45) is 0 Å². The molecule has 0 saturated carbocycles. The highest BCUT2D eigenvalue weighted by molar-refractivity contribution is 7.98. The molecular formula is C14H21N3OS. The molecule has 2 aromatic rings. The molecule has 0 aliphatic rings. The van der Waals surface area contributed by atoms with E-state index < -0.39 is 0 Å². The lowest BCUT2D eigenvalue weighted by molar-refractivity contribution is 0.606. The summed E-state index contributed by atoms with van der Waals surface area (Å²) in [7, 11) is 0. The Balaban J connectivity index is 1.72. The van der Waals surface area contributed by atoms with Gasteiger partial charge >= 0.3 is 0 Å². The minimum absolute atomic E-state index is 0.588. The topological polar surface area (TPSA) is 64.1 Å². The number of fused-ring (bicyclic) bond motifs is 1. The number of aromatic nitrogens is 1. The van der Waals surface area contributed by atoms with Crippen molar-refractivity contribution < 1.29 is 4.42 Å². The van der Waals surface area contributed by atoms with E-state index in [1.807, 2.05) is 23.9 Å². The third kappa shape index (κ3) is 4.35. The van der Waals surface area contributed by atoms with E-state index in [0.717, 1.165) is 24.1 Å². The van der Waals surface area contributed by atoms with Crippen molar-refractivity contribution in [3.05, 3.63) is 18.2 Å². The van der Waals surface area contributed by atoms with Gasteiger partial charge in [0.1, 0.15) is 5.52 Å². The molecule has 3 N–H and O–H groups in total. The molecule has 0 radical (unpaired) electrons. The second-order valence-corrected chi connectivity index (χ2v) is 5.57. The van der Waals surface area contributed by atoms with E-state index in [-0.39, 0.29) is 0 Å². The van der Waals surface area contributed by atoms with Gasteiger partial charge in [-0.25, -0.2) is 0 Å². The lowest BCUT2D eigenvalue weighted by Gasteiger charge is -2.01. The van der Waals surface area contributed by atoms with Gasteiger partial charge in [0.25, 0.3) is 6.01 Å². The molecule has 1 aromatic carbocycles. The Morgan fingerprint density at radius 3 is 2.95 bits per heavy atom. The number of hydrogen-bond donors (Lipinski definition) is 2. The number of nitrogens with zero attached hydrogens (tertiary/aromatic N) is 1. The van der Waals surface area contributed by atoms with Crippen LogP contribution in [0.15, 0.2) is 22.6 Å². The lowest BCUT2D eigenvalue weighted by Crippen LogP contribution is -2.01. The van der Waals surface area contributed by atoms with Gasteiger partial charge in [0.15, 0.2) is 5.58 Å². The number of nitrogen functional groups attached to an aromatic ring is 1. The first-order valence-electron chi connectivity index (χ1n) is 6.68. The molecule has 19 heavy (non-hydrogen) atoms. The third-order valence-electron chi connectivity index (χ3n) is 2.96. The van der Waals surface area contributed by atoms with E-state index >= 15 is 0 Å². The van der Waals surface area contributed by atoms with Crippen LogP contribution in [0.5, 0.6) is 0 Å². The van der Waals surface area contributed by atoms with Gasteiger partial charge in [-0.15, -0.1) is 0 Å². The van der Waals surface area contributed by atoms with Gasteiger partial charge in [-0.1, -0.05) is 12.8 Å². The van der Waals surface area contributed by atoms with Gasteiger partial charge < -0.3 is 15.5 Å². The van der Waals surface area contributed by atoms with Gasteiger partial charge in [0, 0.05) is 18.3 Å². The van der Waals surface area contributed by atoms with Crippen LogP contribution in [-0.4, -0.2) is 23.5 Å². The summed E-state index contributed by atoms with van der Waals surface area (Å²) in [6, 6.07) is 6.10. The van der Waals surface area contributed by atoms with E-state index in [2.05, 4.69) is 16.6 Å². The summed E-state index contributed by atoms with van der Waals surface area (Å²) in [6.07, 6.45) is 7.16. The highest BCUT2D eigenvalue weighted by Gasteiger charge is 2.04. The molecule has 0 aliphatic carbocycles. The molecule has 0 fully saturated rings. The fraction of sp³-hybridized carbons (Fsp3) is 0.500. The largest absolute Gasteiger partial charge is 0.423 e. The third-order valence-corrected chi connectivity index (χ3v) is 3.66. The van der Waals surface area contributed by atoms with Crippen molar-refractivity contribution in [3.63, 3.8) is 0 Å². The molecule has 0 atom stereocenters.